The molecule has 3 nitrogen and oxygen atoms in total. The van der Waals surface area contributed by atoms with Gasteiger partial charge in [-0.05, 0) is 38.1 Å². The fourth-order valence-corrected chi connectivity index (χ4v) is 3.64. The van der Waals surface area contributed by atoms with E-state index in [0.29, 0.717) is 38.2 Å². The number of morpholine rings is 1. The van der Waals surface area contributed by atoms with E-state index in [4.69, 9.17) is 4.74 Å². The Morgan fingerprint density at radius 3 is 1.85 bits per heavy atom. The fourth-order valence-electron chi connectivity index (χ4n) is 3.64. The minimum Gasteiger partial charge on any atom is -0.378 e. The molecule has 2 saturated heterocycles. The molecule has 2 unspecified atom stereocenters. The van der Waals surface area contributed by atoms with Crippen molar-refractivity contribution in [1.29, 1.82) is 0 Å². The Morgan fingerprint density at radius 1 is 0.962 bits per heavy atom. The molecule has 1 aromatic rings. The second-order valence-corrected chi connectivity index (χ2v) is 6.84. The van der Waals surface area contributed by atoms with E-state index in [0.717, 1.165) is 0 Å². The molecule has 2 aliphatic heterocycles. The molecule has 2 bridgehead atoms. The van der Waals surface area contributed by atoms with Gasteiger partial charge in [-0.2, -0.15) is 26.3 Å². The van der Waals surface area contributed by atoms with Crippen LogP contribution >= 0.6 is 0 Å². The Kier molecular flexibility index (Phi) is 4.81. The summed E-state index contributed by atoms with van der Waals surface area (Å²) in [6.07, 6.45) is -9.23. The molecule has 0 saturated carbocycles. The van der Waals surface area contributed by atoms with Crippen molar-refractivity contribution in [2.45, 2.75) is 37.3 Å². The van der Waals surface area contributed by atoms with E-state index in [2.05, 4.69) is 4.90 Å². The number of ether oxygens (including phenoxy) is 1. The first kappa shape index (κ1) is 19.2. The van der Waals surface area contributed by atoms with Gasteiger partial charge >= 0.3 is 12.4 Å². The van der Waals surface area contributed by atoms with Gasteiger partial charge in [-0.15, -0.1) is 0 Å². The lowest BCUT2D eigenvalue weighted by atomic mass is 9.80. The van der Waals surface area contributed by atoms with E-state index in [1.165, 1.54) is 0 Å². The summed E-state index contributed by atoms with van der Waals surface area (Å²) in [7, 11) is 1.88. The first-order chi connectivity index (χ1) is 12.0. The summed E-state index contributed by atoms with van der Waals surface area (Å²) in [5, 5.41) is 0. The number of carbonyl (C=O) groups excluding carboxylic acids is 1. The highest BCUT2D eigenvalue weighted by Gasteiger charge is 2.41. The van der Waals surface area contributed by atoms with Crippen molar-refractivity contribution < 1.29 is 35.9 Å². The maximum absolute atomic E-state index is 13.0. The molecular formula is C17H17F6NO2. The molecule has 0 aromatic heterocycles. The number of nitrogens with zero attached hydrogens (tertiary/aromatic N) is 1. The number of piperidine rings is 1. The first-order valence-corrected chi connectivity index (χ1v) is 8.10. The third kappa shape index (κ3) is 3.73. The van der Waals surface area contributed by atoms with Crippen LogP contribution in [0.4, 0.5) is 26.3 Å². The summed E-state index contributed by atoms with van der Waals surface area (Å²) in [5.41, 5.74) is -3.47. The third-order valence-corrected chi connectivity index (χ3v) is 5.13. The number of ketones is 1. The Balaban J connectivity index is 1.94. The van der Waals surface area contributed by atoms with Crippen molar-refractivity contribution in [2.24, 2.45) is 5.92 Å². The molecule has 0 N–H and O–H groups in total. The number of hydrogen-bond donors (Lipinski definition) is 0. The Morgan fingerprint density at radius 2 is 1.42 bits per heavy atom. The van der Waals surface area contributed by atoms with Crippen LogP contribution in [0.25, 0.3) is 0 Å². The number of likely N-dealkylation sites (N-methyl/N-ethyl adjacent to an activating group) is 1. The van der Waals surface area contributed by atoms with Crippen molar-refractivity contribution in [2.75, 3.05) is 20.3 Å². The van der Waals surface area contributed by atoms with E-state index >= 15 is 0 Å². The largest absolute Gasteiger partial charge is 0.416 e. The molecule has 0 amide bonds. The van der Waals surface area contributed by atoms with Crippen molar-refractivity contribution in [3.63, 3.8) is 0 Å². The Labute approximate surface area is 145 Å². The Bertz CT molecular complexity index is 653. The molecule has 144 valence electrons. The first-order valence-electron chi connectivity index (χ1n) is 8.10. The van der Waals surface area contributed by atoms with E-state index in [-0.39, 0.29) is 18.2 Å². The average Bonchev–Trinajstić information content (AvgIpc) is 2.52. The van der Waals surface area contributed by atoms with Gasteiger partial charge in [0.15, 0.2) is 5.78 Å². The highest BCUT2D eigenvalue weighted by Crippen LogP contribution is 2.38. The monoisotopic (exact) mass is 381 g/mol. The van der Waals surface area contributed by atoms with Crippen LogP contribution in [0, 0.1) is 5.92 Å². The van der Waals surface area contributed by atoms with E-state index in [1.54, 1.807) is 0 Å². The van der Waals surface area contributed by atoms with Crippen molar-refractivity contribution in [3.8, 4) is 0 Å². The molecule has 3 rings (SSSR count). The fraction of sp³-hybridized carbons (Fsp3) is 0.588. The standard InChI is InChI=1S/C17H17F6NO2/c1-24-13-4-10(5-14(24)8-26-7-13)15(25)9-2-11(16(18,19)20)6-12(3-9)17(21,22)23/h2-3,6,10,13-14H,4-5,7-8H2,1H3. The van der Waals surface area contributed by atoms with Crippen LogP contribution in [0.5, 0.6) is 0 Å². The highest BCUT2D eigenvalue weighted by atomic mass is 19.4. The van der Waals surface area contributed by atoms with Gasteiger partial charge in [0.2, 0.25) is 0 Å². The van der Waals surface area contributed by atoms with Crippen LogP contribution in [0.3, 0.4) is 0 Å². The molecule has 1 aromatic carbocycles. The van der Waals surface area contributed by atoms with Crippen molar-refractivity contribution in [3.05, 3.63) is 34.9 Å². The van der Waals surface area contributed by atoms with Crippen molar-refractivity contribution >= 4 is 5.78 Å². The van der Waals surface area contributed by atoms with E-state index in [9.17, 15) is 31.1 Å². The van der Waals surface area contributed by atoms with Gasteiger partial charge < -0.3 is 4.74 Å². The topological polar surface area (TPSA) is 29.5 Å². The van der Waals surface area contributed by atoms with Gasteiger partial charge in [0.25, 0.3) is 0 Å². The molecule has 26 heavy (non-hydrogen) atoms. The zero-order valence-corrected chi connectivity index (χ0v) is 13.8. The molecule has 2 aliphatic rings. The molecule has 2 heterocycles. The number of benzene rings is 1. The highest BCUT2D eigenvalue weighted by molar-refractivity contribution is 5.98. The number of Topliss-reactive ketones (excluding diaryl/α,β-unsaturated/α-hetero) is 1. The van der Waals surface area contributed by atoms with Gasteiger partial charge in [-0.25, -0.2) is 0 Å². The predicted molar refractivity (Wildman–Crippen MR) is 79.7 cm³/mol. The molecule has 2 fully saturated rings. The van der Waals surface area contributed by atoms with Crippen LogP contribution in [0.2, 0.25) is 0 Å². The zero-order chi connectivity index (χ0) is 19.3. The number of hydrogen-bond acceptors (Lipinski definition) is 3. The smallest absolute Gasteiger partial charge is 0.378 e. The summed E-state index contributed by atoms with van der Waals surface area (Å²) < 4.78 is 83.3. The minimum atomic E-state index is -4.96. The van der Waals surface area contributed by atoms with Gasteiger partial charge in [-0.1, -0.05) is 0 Å². The number of carbonyl (C=O) groups is 1. The van der Waals surface area contributed by atoms with Gasteiger partial charge in [-0.3, -0.25) is 9.69 Å². The number of alkyl halides is 6. The SMILES string of the molecule is CN1C2COCC1CC(C(=O)c1cc(C(F)(F)F)cc(C(F)(F)F)c1)C2. The second kappa shape index (κ2) is 6.53. The third-order valence-electron chi connectivity index (χ3n) is 5.13. The lowest BCUT2D eigenvalue weighted by Gasteiger charge is -2.46. The quantitative estimate of drug-likeness (QED) is 0.573. The summed E-state index contributed by atoms with van der Waals surface area (Å²) in [6, 6.07) is 0.937. The Hall–Kier alpha value is -1.61. The van der Waals surface area contributed by atoms with Crippen LogP contribution in [-0.2, 0) is 17.1 Å². The number of rotatable bonds is 2. The maximum Gasteiger partial charge on any atom is 0.416 e. The van der Waals surface area contributed by atoms with Crippen LogP contribution in [-0.4, -0.2) is 43.0 Å². The van der Waals surface area contributed by atoms with Crippen LogP contribution in [0.15, 0.2) is 18.2 Å². The minimum absolute atomic E-state index is 0.0357. The molecule has 0 aliphatic carbocycles. The molecule has 9 heteroatoms. The van der Waals surface area contributed by atoms with Gasteiger partial charge in [0, 0.05) is 23.6 Å². The summed E-state index contributed by atoms with van der Waals surface area (Å²) in [4.78, 5) is 14.8. The van der Waals surface area contributed by atoms with E-state index in [1.807, 2.05) is 7.05 Å². The van der Waals surface area contributed by atoms with E-state index < -0.39 is 40.7 Å². The molecule has 0 spiro atoms. The second-order valence-electron chi connectivity index (χ2n) is 6.84. The zero-order valence-electron chi connectivity index (χ0n) is 13.8. The number of fused-ring (bicyclic) bond motifs is 2. The predicted octanol–water partition coefficient (Wildman–Crippen LogP) is 4.02. The lowest BCUT2D eigenvalue weighted by molar-refractivity contribution is -0.143. The summed E-state index contributed by atoms with van der Waals surface area (Å²) >= 11 is 0. The van der Waals surface area contributed by atoms with Gasteiger partial charge in [0.05, 0.1) is 24.3 Å². The van der Waals surface area contributed by atoms with Crippen LogP contribution < -0.4 is 0 Å². The summed E-state index contributed by atoms with van der Waals surface area (Å²) in [5.74, 6) is -1.29. The van der Waals surface area contributed by atoms with Crippen molar-refractivity contribution in [1.82, 2.24) is 4.90 Å². The summed E-state index contributed by atoms with van der Waals surface area (Å²) in [6.45, 7) is 0.792. The number of halogens is 6. The maximum atomic E-state index is 13.0. The average molecular weight is 381 g/mol. The molecular weight excluding hydrogens is 364 g/mol. The van der Waals surface area contributed by atoms with Crippen LogP contribution in [0.1, 0.15) is 34.3 Å². The molecule has 0 radical (unpaired) electrons. The normalized spacial score (nSPS) is 27.4. The molecule has 2 atom stereocenters. The van der Waals surface area contributed by atoms with Gasteiger partial charge in [0.1, 0.15) is 0 Å². The lowest BCUT2D eigenvalue weighted by Crippen LogP contribution is -2.55.